The van der Waals surface area contributed by atoms with Gasteiger partial charge < -0.3 is 49.9 Å². The van der Waals surface area contributed by atoms with Crippen LogP contribution in [0.3, 0.4) is 0 Å². The molecule has 4 amide bonds. The van der Waals surface area contributed by atoms with Crippen molar-refractivity contribution in [3.05, 3.63) is 106 Å². The molecule has 1 unspecified atom stereocenters. The van der Waals surface area contributed by atoms with E-state index in [1.165, 1.54) is 10.7 Å². The van der Waals surface area contributed by atoms with Gasteiger partial charge >= 0.3 is 0 Å². The Balaban J connectivity index is 0.868. The SMILES string of the molecule is O=C(Nc1cc2c(cc1N1CCOC(c3nn4cccnc4c3C(=O)Nc3cc4c(cc3N3CCOCC3)C(=O)N(C[C@@H]3CCC[C@@H]3O)C4)C1)C(=O)N(C[C@H]1CCC[C@H]1O)C2)c1cnn2cccnc12. The Bertz CT molecular complexity index is 3060. The molecule has 4 aliphatic heterocycles. The first-order valence-corrected chi connectivity index (χ1v) is 24.4. The van der Waals surface area contributed by atoms with Crippen molar-refractivity contribution in [1.29, 1.82) is 0 Å². The second kappa shape index (κ2) is 18.1. The average Bonchev–Trinajstić information content (AvgIpc) is 4.25. The molecule has 20 heteroatoms. The molecule has 2 saturated carbocycles. The standard InChI is InChI=1S/C50H54N12O8/c63-40-7-1-5-29(40)24-59-26-31-19-36(38(21-33(31)49(59)67)57-13-16-69-17-14-57)55-48(66)43-44(56-62-12-4-10-52-46(43)62)42-28-58(15-18-70-42)39-22-34-32(27-60(50(34)68)25-30-6-2-8-41(30)64)20-37(39)54-47(65)35-23-53-61-11-3-9-51-45(35)61/h3-4,9-12,19-23,29-30,40-42,63-64H,1-2,5-8,13-18,24-28H2,(H,54,65)(H,55,66)/t29-,30+,40-,41+,42?/m0/s1. The number of hydrogen-bond acceptors (Lipinski definition) is 14. The molecule has 20 nitrogen and oxygen atoms in total. The summed E-state index contributed by atoms with van der Waals surface area (Å²) in [6.07, 6.45) is 11.5. The lowest BCUT2D eigenvalue weighted by Gasteiger charge is -2.35. The number of rotatable bonds is 11. The summed E-state index contributed by atoms with van der Waals surface area (Å²) in [7, 11) is 0. The van der Waals surface area contributed by atoms with E-state index in [2.05, 4.69) is 30.6 Å². The number of carbonyl (C=O) groups excluding carboxylic acids is 4. The lowest BCUT2D eigenvalue weighted by molar-refractivity contribution is 0.0363. The monoisotopic (exact) mass is 950 g/mol. The van der Waals surface area contributed by atoms with Crippen molar-refractivity contribution in [1.82, 2.24) is 39.0 Å². The summed E-state index contributed by atoms with van der Waals surface area (Å²) in [4.78, 5) is 73.9. The van der Waals surface area contributed by atoms with Gasteiger partial charge in [-0.15, -0.1) is 0 Å². The zero-order valence-electron chi connectivity index (χ0n) is 38.6. The van der Waals surface area contributed by atoms with E-state index in [1.54, 1.807) is 51.2 Å². The predicted octanol–water partition coefficient (Wildman–Crippen LogP) is 3.92. The number of fused-ring (bicyclic) bond motifs is 4. The minimum Gasteiger partial charge on any atom is -0.393 e. The molecule has 0 bridgehead atoms. The first-order chi connectivity index (χ1) is 34.1. The highest BCUT2D eigenvalue weighted by molar-refractivity contribution is 6.12. The summed E-state index contributed by atoms with van der Waals surface area (Å²) in [5.74, 6) is -1.08. The molecule has 362 valence electrons. The Hall–Kier alpha value is -7.00. The molecule has 12 rings (SSSR count). The maximum atomic E-state index is 15.0. The molecule has 2 aliphatic carbocycles. The minimum atomic E-state index is -0.760. The third kappa shape index (κ3) is 7.97. The summed E-state index contributed by atoms with van der Waals surface area (Å²) < 4.78 is 15.3. The molecule has 2 aromatic carbocycles. The molecule has 4 aromatic heterocycles. The number of hydrogen-bond donors (Lipinski definition) is 4. The summed E-state index contributed by atoms with van der Waals surface area (Å²) in [6, 6.07) is 10.9. The van der Waals surface area contributed by atoms with Crippen LogP contribution in [-0.2, 0) is 22.6 Å². The molecule has 2 saturated heterocycles. The minimum absolute atomic E-state index is 0.00308. The first kappa shape index (κ1) is 44.2. The van der Waals surface area contributed by atoms with Crippen LogP contribution < -0.4 is 20.4 Å². The smallest absolute Gasteiger partial charge is 0.261 e. The number of aliphatic hydroxyl groups excluding tert-OH is 2. The summed E-state index contributed by atoms with van der Waals surface area (Å²) in [6.45, 7) is 4.55. The van der Waals surface area contributed by atoms with E-state index >= 15 is 4.79 Å². The fourth-order valence-corrected chi connectivity index (χ4v) is 11.4. The van der Waals surface area contributed by atoms with Gasteiger partial charge in [-0.2, -0.15) is 10.2 Å². The summed E-state index contributed by atoms with van der Waals surface area (Å²) >= 11 is 0. The highest BCUT2D eigenvalue weighted by atomic mass is 16.5. The number of ether oxygens (including phenoxy) is 2. The van der Waals surface area contributed by atoms with Crippen molar-refractivity contribution >= 4 is 57.7 Å². The number of anilines is 4. The second-order valence-electron chi connectivity index (χ2n) is 19.3. The van der Waals surface area contributed by atoms with E-state index in [0.29, 0.717) is 110 Å². The van der Waals surface area contributed by atoms with Gasteiger partial charge in [0.15, 0.2) is 11.3 Å². The number of aliphatic hydroxyl groups is 2. The quantitative estimate of drug-likeness (QED) is 0.145. The number of aromatic nitrogens is 6. The largest absolute Gasteiger partial charge is 0.393 e. The molecule has 6 aromatic rings. The maximum Gasteiger partial charge on any atom is 0.261 e. The number of morpholine rings is 2. The Kier molecular flexibility index (Phi) is 11.4. The van der Waals surface area contributed by atoms with Crippen molar-refractivity contribution in [2.75, 3.05) is 79.5 Å². The van der Waals surface area contributed by atoms with Crippen molar-refractivity contribution < 1.29 is 38.9 Å². The number of nitrogens with zero attached hydrogens (tertiary/aromatic N) is 10. The number of benzene rings is 2. The molecule has 4 fully saturated rings. The third-order valence-corrected chi connectivity index (χ3v) is 15.1. The number of amides is 4. The van der Waals surface area contributed by atoms with E-state index in [-0.39, 0.29) is 47.9 Å². The van der Waals surface area contributed by atoms with Gasteiger partial charge in [-0.05, 0) is 73.2 Å². The van der Waals surface area contributed by atoms with Crippen LogP contribution in [0.2, 0.25) is 0 Å². The van der Waals surface area contributed by atoms with Crippen LogP contribution in [-0.4, -0.2) is 144 Å². The van der Waals surface area contributed by atoms with Crippen molar-refractivity contribution in [2.24, 2.45) is 11.8 Å². The Morgan fingerprint density at radius 3 is 1.91 bits per heavy atom. The fourth-order valence-electron chi connectivity index (χ4n) is 11.4. The van der Waals surface area contributed by atoms with Gasteiger partial charge in [0.25, 0.3) is 23.6 Å². The van der Waals surface area contributed by atoms with Crippen molar-refractivity contribution in [2.45, 2.75) is 69.9 Å². The Labute approximate surface area is 402 Å². The lowest BCUT2D eigenvalue weighted by atomic mass is 10.0. The van der Waals surface area contributed by atoms with E-state index < -0.39 is 30.1 Å². The van der Waals surface area contributed by atoms with Gasteiger partial charge in [-0.3, -0.25) is 19.2 Å². The van der Waals surface area contributed by atoms with E-state index in [1.807, 2.05) is 29.2 Å². The molecular weight excluding hydrogens is 897 g/mol. The van der Waals surface area contributed by atoms with Crippen LogP contribution in [0.15, 0.2) is 67.4 Å². The maximum absolute atomic E-state index is 15.0. The van der Waals surface area contributed by atoms with Gasteiger partial charge in [0.2, 0.25) is 0 Å². The van der Waals surface area contributed by atoms with Crippen molar-refractivity contribution in [3.8, 4) is 0 Å². The molecule has 0 spiro atoms. The zero-order chi connectivity index (χ0) is 47.6. The highest BCUT2D eigenvalue weighted by Gasteiger charge is 2.39. The first-order valence-electron chi connectivity index (χ1n) is 24.4. The predicted molar refractivity (Wildman–Crippen MR) is 255 cm³/mol. The summed E-state index contributed by atoms with van der Waals surface area (Å²) in [5.41, 5.74) is 6.54. The van der Waals surface area contributed by atoms with Crippen LogP contribution in [0.1, 0.15) is 103 Å². The van der Waals surface area contributed by atoms with Gasteiger partial charge in [0.1, 0.15) is 22.9 Å². The molecule has 8 heterocycles. The topological polar surface area (TPSA) is 225 Å². The van der Waals surface area contributed by atoms with Gasteiger partial charge in [-0.1, -0.05) is 12.8 Å². The van der Waals surface area contributed by atoms with E-state index in [4.69, 9.17) is 14.6 Å². The van der Waals surface area contributed by atoms with Crippen LogP contribution in [0.4, 0.5) is 22.7 Å². The molecule has 4 N–H and O–H groups in total. The van der Waals surface area contributed by atoms with Gasteiger partial charge in [0.05, 0.1) is 67.5 Å². The normalized spacial score (nSPS) is 23.5. The summed E-state index contributed by atoms with van der Waals surface area (Å²) in [5, 5.41) is 36.8. The lowest BCUT2D eigenvalue weighted by Crippen LogP contribution is -2.39. The van der Waals surface area contributed by atoms with Crippen LogP contribution >= 0.6 is 0 Å². The number of carbonyl (C=O) groups is 4. The van der Waals surface area contributed by atoms with Crippen LogP contribution in [0.5, 0.6) is 0 Å². The zero-order valence-corrected chi connectivity index (χ0v) is 38.6. The van der Waals surface area contributed by atoms with Crippen molar-refractivity contribution in [3.63, 3.8) is 0 Å². The second-order valence-corrected chi connectivity index (χ2v) is 19.3. The molecule has 6 aliphatic rings. The molecule has 5 atom stereocenters. The molecule has 0 radical (unpaired) electrons. The van der Waals surface area contributed by atoms with Gasteiger partial charge in [-0.25, -0.2) is 19.0 Å². The third-order valence-electron chi connectivity index (χ3n) is 15.1. The Morgan fingerprint density at radius 1 is 0.700 bits per heavy atom. The highest BCUT2D eigenvalue weighted by Crippen LogP contribution is 2.41. The van der Waals surface area contributed by atoms with E-state index in [9.17, 15) is 24.6 Å². The van der Waals surface area contributed by atoms with Crippen LogP contribution in [0.25, 0.3) is 11.3 Å². The van der Waals surface area contributed by atoms with Crippen LogP contribution in [0, 0.1) is 11.8 Å². The number of nitrogens with one attached hydrogen (secondary N) is 2. The average molecular weight is 951 g/mol. The molecule has 70 heavy (non-hydrogen) atoms. The Morgan fingerprint density at radius 2 is 1.29 bits per heavy atom. The van der Waals surface area contributed by atoms with Gasteiger partial charge in [0, 0.05) is 93.6 Å². The van der Waals surface area contributed by atoms with E-state index in [0.717, 1.165) is 49.7 Å². The fraction of sp³-hybridized carbons (Fsp3) is 0.440. The molecular formula is C50H54N12O8.